The first-order chi connectivity index (χ1) is 6.07. The maximum absolute atomic E-state index is 12.8. The number of aromatic hydroxyl groups is 1. The van der Waals surface area contributed by atoms with Gasteiger partial charge in [-0.2, -0.15) is 4.39 Å². The summed E-state index contributed by atoms with van der Waals surface area (Å²) in [5, 5.41) is 9.04. The molecule has 0 amide bonds. The minimum atomic E-state index is -1.34. The van der Waals surface area contributed by atoms with E-state index < -0.39 is 17.4 Å². The number of halogens is 3. The average molecular weight is 251 g/mol. The lowest BCUT2D eigenvalue weighted by Gasteiger charge is -2.04. The normalized spacial score (nSPS) is 10.1. The zero-order chi connectivity index (χ0) is 10.0. The van der Waals surface area contributed by atoms with E-state index >= 15 is 0 Å². The van der Waals surface area contributed by atoms with E-state index in [1.807, 2.05) is 0 Å². The molecule has 13 heavy (non-hydrogen) atoms. The van der Waals surface area contributed by atoms with Crippen molar-refractivity contribution in [3.8, 4) is 5.75 Å². The maximum atomic E-state index is 12.8. The van der Waals surface area contributed by atoms with Gasteiger partial charge in [-0.25, -0.2) is 4.39 Å². The van der Waals surface area contributed by atoms with Gasteiger partial charge in [0.2, 0.25) is 5.82 Å². The summed E-state index contributed by atoms with van der Waals surface area (Å²) in [6, 6.07) is 1.17. The second-order valence-electron chi connectivity index (χ2n) is 2.36. The van der Waals surface area contributed by atoms with E-state index in [1.165, 1.54) is 6.07 Å². The number of phenols is 1. The van der Waals surface area contributed by atoms with Gasteiger partial charge in [-0.15, -0.1) is 0 Å². The van der Waals surface area contributed by atoms with Gasteiger partial charge in [0.25, 0.3) is 0 Å². The fourth-order valence-electron chi connectivity index (χ4n) is 0.880. The number of aldehydes is 1. The first-order valence-electron chi connectivity index (χ1n) is 3.37. The lowest BCUT2D eigenvalue weighted by molar-refractivity contribution is -0.107. The fraction of sp³-hybridized carbons (Fsp3) is 0.125. The predicted molar refractivity (Wildman–Crippen MR) is 45.5 cm³/mol. The van der Waals surface area contributed by atoms with E-state index in [4.69, 9.17) is 5.11 Å². The van der Waals surface area contributed by atoms with Crippen LogP contribution < -0.4 is 0 Å². The summed E-state index contributed by atoms with van der Waals surface area (Å²) < 4.78 is 25.4. The van der Waals surface area contributed by atoms with Gasteiger partial charge in [0.1, 0.15) is 6.29 Å². The molecule has 0 aromatic heterocycles. The van der Waals surface area contributed by atoms with Crippen LogP contribution in [0, 0.1) is 11.6 Å². The maximum Gasteiger partial charge on any atom is 0.201 e. The molecule has 0 unspecified atom stereocenters. The van der Waals surface area contributed by atoms with Gasteiger partial charge in [0.05, 0.1) is 4.47 Å². The highest BCUT2D eigenvalue weighted by molar-refractivity contribution is 9.10. The van der Waals surface area contributed by atoms with Gasteiger partial charge in [-0.1, -0.05) is 0 Å². The molecule has 1 rings (SSSR count). The van der Waals surface area contributed by atoms with Crippen molar-refractivity contribution in [3.63, 3.8) is 0 Å². The van der Waals surface area contributed by atoms with Gasteiger partial charge in [-0.05, 0) is 22.0 Å². The van der Waals surface area contributed by atoms with Crippen LogP contribution in [0.5, 0.6) is 5.75 Å². The van der Waals surface area contributed by atoms with Crippen LogP contribution in [0.25, 0.3) is 0 Å². The summed E-state index contributed by atoms with van der Waals surface area (Å²) in [7, 11) is 0. The molecule has 0 bridgehead atoms. The zero-order valence-electron chi connectivity index (χ0n) is 6.35. The largest absolute Gasteiger partial charge is 0.505 e. The molecule has 0 heterocycles. The second-order valence-corrected chi connectivity index (χ2v) is 3.22. The van der Waals surface area contributed by atoms with Crippen molar-refractivity contribution in [1.82, 2.24) is 0 Å². The lowest BCUT2D eigenvalue weighted by Crippen LogP contribution is -1.94. The van der Waals surface area contributed by atoms with Crippen molar-refractivity contribution in [3.05, 3.63) is 27.7 Å². The third kappa shape index (κ3) is 1.85. The van der Waals surface area contributed by atoms with Gasteiger partial charge < -0.3 is 9.90 Å². The van der Waals surface area contributed by atoms with E-state index in [1.54, 1.807) is 0 Å². The monoisotopic (exact) mass is 250 g/mol. The van der Waals surface area contributed by atoms with Crippen molar-refractivity contribution in [2.24, 2.45) is 0 Å². The Hall–Kier alpha value is -0.970. The molecule has 1 N–H and O–H groups in total. The third-order valence-electron chi connectivity index (χ3n) is 1.52. The summed E-state index contributed by atoms with van der Waals surface area (Å²) in [6.07, 6.45) is 0.348. The van der Waals surface area contributed by atoms with Crippen LogP contribution in [-0.4, -0.2) is 11.4 Å². The Balaban J connectivity index is 3.31. The van der Waals surface area contributed by atoms with Gasteiger partial charge in [-0.3, -0.25) is 0 Å². The average Bonchev–Trinajstić information content (AvgIpc) is 2.11. The van der Waals surface area contributed by atoms with Crippen molar-refractivity contribution < 1.29 is 18.7 Å². The highest BCUT2D eigenvalue weighted by atomic mass is 79.9. The molecule has 0 fully saturated rings. The molecular weight excluding hydrogens is 246 g/mol. The number of hydrogen-bond acceptors (Lipinski definition) is 2. The zero-order valence-corrected chi connectivity index (χ0v) is 7.94. The highest BCUT2D eigenvalue weighted by Crippen LogP contribution is 2.29. The minimum absolute atomic E-state index is 0.0563. The Labute approximate surface area is 81.3 Å². The van der Waals surface area contributed by atoms with Crippen molar-refractivity contribution in [2.75, 3.05) is 0 Å². The van der Waals surface area contributed by atoms with Crippen LogP contribution in [0.2, 0.25) is 0 Å². The molecule has 0 saturated heterocycles. The summed E-state index contributed by atoms with van der Waals surface area (Å²) >= 11 is 2.76. The number of carbonyl (C=O) groups excluding carboxylic acids is 1. The summed E-state index contributed by atoms with van der Waals surface area (Å²) in [5.41, 5.74) is 0.0563. The number of rotatable bonds is 2. The first-order valence-corrected chi connectivity index (χ1v) is 4.16. The van der Waals surface area contributed by atoms with Gasteiger partial charge in [0, 0.05) is 12.0 Å². The Morgan fingerprint density at radius 1 is 1.46 bits per heavy atom. The molecule has 0 aliphatic carbocycles. The minimum Gasteiger partial charge on any atom is -0.505 e. The molecule has 0 saturated carbocycles. The van der Waals surface area contributed by atoms with E-state index in [-0.39, 0.29) is 16.5 Å². The van der Waals surface area contributed by atoms with Crippen LogP contribution in [0.3, 0.4) is 0 Å². The van der Waals surface area contributed by atoms with Crippen molar-refractivity contribution in [1.29, 1.82) is 0 Å². The Bertz CT molecular complexity index is 352. The predicted octanol–water partition coefficient (Wildman–Crippen LogP) is 2.17. The highest BCUT2D eigenvalue weighted by Gasteiger charge is 2.15. The summed E-state index contributed by atoms with van der Waals surface area (Å²) in [5.74, 6) is -3.31. The van der Waals surface area contributed by atoms with Gasteiger partial charge >= 0.3 is 0 Å². The van der Waals surface area contributed by atoms with Crippen LogP contribution in [0.1, 0.15) is 5.56 Å². The molecule has 5 heteroatoms. The molecule has 1 aromatic rings. The molecule has 70 valence electrons. The first kappa shape index (κ1) is 10.1. The molecule has 0 aliphatic heterocycles. The van der Waals surface area contributed by atoms with Gasteiger partial charge in [0.15, 0.2) is 11.6 Å². The van der Waals surface area contributed by atoms with Crippen LogP contribution in [0.4, 0.5) is 8.78 Å². The Kier molecular flexibility index (Phi) is 2.98. The molecule has 0 radical (unpaired) electrons. The van der Waals surface area contributed by atoms with E-state index in [0.29, 0.717) is 6.29 Å². The summed E-state index contributed by atoms with van der Waals surface area (Å²) in [4.78, 5) is 10.1. The standard InChI is InChI=1S/C8H5BrF2O2/c9-5-3-4(1-2-12)8(13)7(11)6(5)10/h2-3,13H,1H2. The number of hydrogen-bond donors (Lipinski definition) is 1. The topological polar surface area (TPSA) is 37.3 Å². The Morgan fingerprint density at radius 2 is 2.08 bits per heavy atom. The fourth-order valence-corrected chi connectivity index (χ4v) is 1.33. The second kappa shape index (κ2) is 3.83. The smallest absolute Gasteiger partial charge is 0.201 e. The van der Waals surface area contributed by atoms with Crippen LogP contribution in [-0.2, 0) is 11.2 Å². The number of phenolic OH excluding ortho intramolecular Hbond substituents is 1. The van der Waals surface area contributed by atoms with E-state index in [2.05, 4.69) is 15.9 Å². The summed E-state index contributed by atoms with van der Waals surface area (Å²) in [6.45, 7) is 0. The molecule has 0 aliphatic rings. The SMILES string of the molecule is O=CCc1cc(Br)c(F)c(F)c1O. The van der Waals surface area contributed by atoms with E-state index in [9.17, 15) is 13.6 Å². The quantitative estimate of drug-likeness (QED) is 0.646. The van der Waals surface area contributed by atoms with Crippen molar-refractivity contribution in [2.45, 2.75) is 6.42 Å². The number of benzene rings is 1. The van der Waals surface area contributed by atoms with Crippen LogP contribution >= 0.6 is 15.9 Å². The molecule has 0 spiro atoms. The molecule has 0 atom stereocenters. The Morgan fingerprint density at radius 3 is 2.62 bits per heavy atom. The third-order valence-corrected chi connectivity index (χ3v) is 2.10. The molecular formula is C8H5BrF2O2. The molecule has 1 aromatic carbocycles. The van der Waals surface area contributed by atoms with Crippen molar-refractivity contribution >= 4 is 22.2 Å². The number of carbonyl (C=O) groups is 1. The van der Waals surface area contributed by atoms with E-state index in [0.717, 1.165) is 0 Å². The lowest BCUT2D eigenvalue weighted by atomic mass is 10.1. The molecule has 2 nitrogen and oxygen atoms in total. The van der Waals surface area contributed by atoms with Crippen LogP contribution in [0.15, 0.2) is 10.5 Å².